The zero-order valence-corrected chi connectivity index (χ0v) is 26.6. The topological polar surface area (TPSA) is 86.8 Å². The summed E-state index contributed by atoms with van der Waals surface area (Å²) < 4.78 is 27.1. The van der Waals surface area contributed by atoms with Gasteiger partial charge in [-0.2, -0.15) is 0 Å². The molecule has 0 aromatic heterocycles. The molecule has 7 nitrogen and oxygen atoms in total. The minimum absolute atomic E-state index is 0.0113. The quantitative estimate of drug-likeness (QED) is 0.260. The lowest BCUT2D eigenvalue weighted by Gasteiger charge is -2.34. The highest BCUT2D eigenvalue weighted by Gasteiger charge is 2.34. The van der Waals surface area contributed by atoms with Crippen LogP contribution in [0.4, 0.5) is 5.69 Å². The second kappa shape index (κ2) is 14.1. The largest absolute Gasteiger partial charge is 0.352 e. The number of nitrogens with zero attached hydrogens (tertiary/aromatic N) is 2. The van der Waals surface area contributed by atoms with E-state index in [1.54, 1.807) is 37.3 Å². The van der Waals surface area contributed by atoms with Crippen molar-refractivity contribution in [3.63, 3.8) is 0 Å². The lowest BCUT2D eigenvalue weighted by Crippen LogP contribution is -2.54. The average molecular weight is 651 g/mol. The molecule has 4 rings (SSSR count). The number of hydrogen-bond acceptors (Lipinski definition) is 4. The molecule has 224 valence electrons. The van der Waals surface area contributed by atoms with Crippen molar-refractivity contribution in [2.75, 3.05) is 17.1 Å². The minimum Gasteiger partial charge on any atom is -0.352 e. The number of nitrogens with one attached hydrogen (secondary N) is 1. The Morgan fingerprint density at radius 3 is 2.26 bits per heavy atom. The number of carbonyl (C=O) groups is 2. The molecule has 1 aliphatic rings. The minimum atomic E-state index is -3.91. The maximum atomic E-state index is 14.2. The number of rotatable bonds is 11. The fourth-order valence-electron chi connectivity index (χ4n) is 5.20. The molecule has 1 N–H and O–H groups in total. The average Bonchev–Trinajstić information content (AvgIpc) is 3.45. The van der Waals surface area contributed by atoms with Crippen LogP contribution in [-0.2, 0) is 32.6 Å². The summed E-state index contributed by atoms with van der Waals surface area (Å²) in [4.78, 5) is 29.6. The standard InChI is InChI=1S/C31H34Cl3N3O4S/c1-21-12-14-24(32)18-28(21)37(42(2,40)41)20-30(38)36(19-23-13-15-26(33)27(34)16-23)29(17-22-8-4-3-5-9-22)31(39)35-25-10-6-7-11-25/h3-5,8-9,12-16,18,25,29H,6-7,10-11,17,19-20H2,1-2H3,(H,35,39)/t29-/m0/s1. The van der Waals surface area contributed by atoms with Gasteiger partial charge in [0.15, 0.2) is 0 Å². The Kier molecular flexibility index (Phi) is 10.8. The molecule has 2 amide bonds. The first kappa shape index (κ1) is 32.1. The summed E-state index contributed by atoms with van der Waals surface area (Å²) in [7, 11) is -3.91. The Morgan fingerprint density at radius 1 is 0.929 bits per heavy atom. The molecule has 0 aliphatic heterocycles. The number of hydrogen-bond donors (Lipinski definition) is 1. The summed E-state index contributed by atoms with van der Waals surface area (Å²) >= 11 is 18.7. The number of anilines is 1. The van der Waals surface area contributed by atoms with Crippen molar-refractivity contribution < 1.29 is 18.0 Å². The third-order valence-electron chi connectivity index (χ3n) is 7.43. The maximum absolute atomic E-state index is 14.2. The molecule has 0 spiro atoms. The lowest BCUT2D eigenvalue weighted by atomic mass is 10.0. The highest BCUT2D eigenvalue weighted by molar-refractivity contribution is 7.92. The van der Waals surface area contributed by atoms with Crippen molar-refractivity contribution in [3.05, 3.63) is 98.5 Å². The number of sulfonamides is 1. The number of amides is 2. The molecule has 0 radical (unpaired) electrons. The van der Waals surface area contributed by atoms with Crippen LogP contribution in [0.15, 0.2) is 66.7 Å². The second-order valence-electron chi connectivity index (χ2n) is 10.7. The van der Waals surface area contributed by atoms with E-state index in [9.17, 15) is 18.0 Å². The van der Waals surface area contributed by atoms with Crippen LogP contribution in [0.5, 0.6) is 0 Å². The fourth-order valence-corrected chi connectivity index (χ4v) is 6.59. The van der Waals surface area contributed by atoms with Crippen molar-refractivity contribution in [1.82, 2.24) is 10.2 Å². The number of aryl methyl sites for hydroxylation is 1. The highest BCUT2D eigenvalue weighted by Crippen LogP contribution is 2.28. The van der Waals surface area contributed by atoms with Gasteiger partial charge in [-0.1, -0.05) is 90.1 Å². The summed E-state index contributed by atoms with van der Waals surface area (Å²) in [6.45, 7) is 1.23. The van der Waals surface area contributed by atoms with Crippen molar-refractivity contribution in [1.29, 1.82) is 0 Å². The van der Waals surface area contributed by atoms with E-state index in [0.29, 0.717) is 31.9 Å². The van der Waals surface area contributed by atoms with Crippen LogP contribution in [0, 0.1) is 6.92 Å². The molecular formula is C31H34Cl3N3O4S. The van der Waals surface area contributed by atoms with Crippen LogP contribution in [0.25, 0.3) is 0 Å². The first-order valence-electron chi connectivity index (χ1n) is 13.7. The predicted molar refractivity (Wildman–Crippen MR) is 170 cm³/mol. The van der Waals surface area contributed by atoms with Gasteiger partial charge >= 0.3 is 0 Å². The van der Waals surface area contributed by atoms with Gasteiger partial charge in [-0.25, -0.2) is 8.42 Å². The van der Waals surface area contributed by atoms with Crippen LogP contribution in [-0.4, -0.2) is 50.0 Å². The molecule has 1 fully saturated rings. The third-order valence-corrected chi connectivity index (χ3v) is 9.53. The second-order valence-corrected chi connectivity index (χ2v) is 13.8. The number of carbonyl (C=O) groups excluding carboxylic acids is 2. The molecule has 3 aromatic rings. The smallest absolute Gasteiger partial charge is 0.244 e. The van der Waals surface area contributed by atoms with Gasteiger partial charge in [0.1, 0.15) is 12.6 Å². The van der Waals surface area contributed by atoms with E-state index in [0.717, 1.165) is 41.8 Å². The van der Waals surface area contributed by atoms with E-state index in [1.165, 1.54) is 11.0 Å². The van der Waals surface area contributed by atoms with Gasteiger partial charge in [0.25, 0.3) is 0 Å². The Balaban J connectivity index is 1.76. The molecular weight excluding hydrogens is 617 g/mol. The van der Waals surface area contributed by atoms with Crippen molar-refractivity contribution in [3.8, 4) is 0 Å². The Morgan fingerprint density at radius 2 is 1.62 bits per heavy atom. The van der Waals surface area contributed by atoms with Crippen LogP contribution in [0.1, 0.15) is 42.4 Å². The van der Waals surface area contributed by atoms with E-state index in [-0.39, 0.29) is 24.9 Å². The molecule has 0 saturated heterocycles. The predicted octanol–water partition coefficient (Wildman–Crippen LogP) is 6.42. The summed E-state index contributed by atoms with van der Waals surface area (Å²) in [6, 6.07) is 18.4. The molecule has 0 heterocycles. The Bertz CT molecular complexity index is 1530. The van der Waals surface area contributed by atoms with Gasteiger partial charge in [0.05, 0.1) is 22.0 Å². The fraction of sp³-hybridized carbons (Fsp3) is 0.355. The van der Waals surface area contributed by atoms with Gasteiger partial charge in [-0.3, -0.25) is 13.9 Å². The molecule has 1 saturated carbocycles. The zero-order valence-electron chi connectivity index (χ0n) is 23.5. The summed E-state index contributed by atoms with van der Waals surface area (Å²) in [5.74, 6) is -0.836. The van der Waals surface area contributed by atoms with E-state index in [4.69, 9.17) is 34.8 Å². The van der Waals surface area contributed by atoms with Crippen molar-refractivity contribution in [2.45, 2.75) is 57.7 Å². The molecule has 1 atom stereocenters. The summed E-state index contributed by atoms with van der Waals surface area (Å²) in [5.41, 5.74) is 2.44. The van der Waals surface area contributed by atoms with Gasteiger partial charge in [0, 0.05) is 24.0 Å². The van der Waals surface area contributed by atoms with E-state index >= 15 is 0 Å². The maximum Gasteiger partial charge on any atom is 0.244 e. The third kappa shape index (κ3) is 8.40. The van der Waals surface area contributed by atoms with Gasteiger partial charge in [0.2, 0.25) is 21.8 Å². The van der Waals surface area contributed by atoms with Crippen LogP contribution < -0.4 is 9.62 Å². The molecule has 0 unspecified atom stereocenters. The first-order chi connectivity index (χ1) is 19.9. The first-order valence-corrected chi connectivity index (χ1v) is 16.7. The van der Waals surface area contributed by atoms with Crippen LogP contribution >= 0.6 is 34.8 Å². The van der Waals surface area contributed by atoms with Crippen molar-refractivity contribution in [2.24, 2.45) is 0 Å². The van der Waals surface area contributed by atoms with Crippen LogP contribution in [0.3, 0.4) is 0 Å². The molecule has 3 aromatic carbocycles. The van der Waals surface area contributed by atoms with E-state index in [1.807, 2.05) is 30.3 Å². The van der Waals surface area contributed by atoms with Gasteiger partial charge in [-0.05, 0) is 60.7 Å². The molecule has 1 aliphatic carbocycles. The Hall–Kier alpha value is -2.78. The van der Waals surface area contributed by atoms with Crippen LogP contribution in [0.2, 0.25) is 15.1 Å². The summed E-state index contributed by atoms with van der Waals surface area (Å²) in [6.07, 6.45) is 5.09. The highest BCUT2D eigenvalue weighted by atomic mass is 35.5. The monoisotopic (exact) mass is 649 g/mol. The zero-order chi connectivity index (χ0) is 30.4. The molecule has 42 heavy (non-hydrogen) atoms. The lowest BCUT2D eigenvalue weighted by molar-refractivity contribution is -0.140. The van der Waals surface area contributed by atoms with E-state index < -0.39 is 28.5 Å². The normalized spacial score (nSPS) is 14.4. The van der Waals surface area contributed by atoms with E-state index in [2.05, 4.69) is 5.32 Å². The summed E-state index contributed by atoms with van der Waals surface area (Å²) in [5, 5.41) is 4.15. The van der Waals surface area contributed by atoms with Gasteiger partial charge in [-0.15, -0.1) is 0 Å². The molecule has 0 bridgehead atoms. The Labute approximate surface area is 262 Å². The van der Waals surface area contributed by atoms with Crippen molar-refractivity contribution >= 4 is 62.3 Å². The number of halogens is 3. The SMILES string of the molecule is Cc1ccc(Cl)cc1N(CC(=O)N(Cc1ccc(Cl)c(Cl)c1)[C@@H](Cc1ccccc1)C(=O)NC1CCCC1)S(C)(=O)=O. The van der Waals surface area contributed by atoms with Gasteiger partial charge < -0.3 is 10.2 Å². The number of benzene rings is 3. The molecule has 11 heteroatoms.